The van der Waals surface area contributed by atoms with Gasteiger partial charge in [0, 0.05) is 12.7 Å². The lowest BCUT2D eigenvalue weighted by Crippen LogP contribution is -2.11. The van der Waals surface area contributed by atoms with E-state index in [0.29, 0.717) is 5.57 Å². The maximum atomic E-state index is 10.4. The van der Waals surface area contributed by atoms with Gasteiger partial charge in [-0.3, -0.25) is 0 Å². The molecule has 0 aromatic rings. The van der Waals surface area contributed by atoms with E-state index >= 15 is 0 Å². The van der Waals surface area contributed by atoms with Gasteiger partial charge in [0.2, 0.25) is 0 Å². The molecule has 0 spiro atoms. The van der Waals surface area contributed by atoms with Crippen molar-refractivity contribution in [1.82, 2.24) is 5.32 Å². The molecule has 0 aromatic carbocycles. The van der Waals surface area contributed by atoms with E-state index in [1.54, 1.807) is 14.0 Å². The SMILES string of the molecule is CC/C(NC)=C(/C)C(=O)O. The van der Waals surface area contributed by atoms with Crippen molar-refractivity contribution in [2.45, 2.75) is 20.3 Å². The smallest absolute Gasteiger partial charge is 0.333 e. The highest BCUT2D eigenvalue weighted by Gasteiger charge is 2.04. The standard InChI is InChI=1S/C7H13NO2/c1-4-6(8-3)5(2)7(9)10/h8H,4H2,1-3H3,(H,9,10)/b6-5+. The molecule has 0 aromatic heterocycles. The highest BCUT2D eigenvalue weighted by Crippen LogP contribution is 2.03. The molecule has 10 heavy (non-hydrogen) atoms. The molecule has 0 saturated carbocycles. The third-order valence-electron chi connectivity index (χ3n) is 1.43. The van der Waals surface area contributed by atoms with Crippen LogP contribution in [-0.4, -0.2) is 18.1 Å². The highest BCUT2D eigenvalue weighted by atomic mass is 16.4. The Hall–Kier alpha value is -0.990. The van der Waals surface area contributed by atoms with Crippen LogP contribution in [0.1, 0.15) is 20.3 Å². The second kappa shape index (κ2) is 3.93. The van der Waals surface area contributed by atoms with Crippen molar-refractivity contribution < 1.29 is 9.90 Å². The summed E-state index contributed by atoms with van der Waals surface area (Å²) in [5.74, 6) is -0.855. The van der Waals surface area contributed by atoms with Gasteiger partial charge < -0.3 is 10.4 Å². The third-order valence-corrected chi connectivity index (χ3v) is 1.43. The predicted octanol–water partition coefficient (Wildman–Crippen LogP) is 0.974. The van der Waals surface area contributed by atoms with Gasteiger partial charge in [-0.2, -0.15) is 0 Å². The average Bonchev–Trinajstić information content (AvgIpc) is 1.90. The van der Waals surface area contributed by atoms with Gasteiger partial charge in [-0.25, -0.2) is 4.79 Å². The zero-order valence-corrected chi connectivity index (χ0v) is 6.56. The monoisotopic (exact) mass is 143 g/mol. The molecule has 2 N–H and O–H groups in total. The number of carboxylic acids is 1. The number of carboxylic acid groups (broad SMARTS) is 1. The summed E-state index contributed by atoms with van der Waals surface area (Å²) < 4.78 is 0. The van der Waals surface area contributed by atoms with Gasteiger partial charge in [0.1, 0.15) is 0 Å². The van der Waals surface area contributed by atoms with Gasteiger partial charge in [-0.05, 0) is 13.3 Å². The molecule has 0 radical (unpaired) electrons. The zero-order valence-electron chi connectivity index (χ0n) is 6.56. The molecule has 0 heterocycles. The van der Waals surface area contributed by atoms with Crippen LogP contribution >= 0.6 is 0 Å². The normalized spacial score (nSPS) is 12.3. The van der Waals surface area contributed by atoms with Gasteiger partial charge in [0.15, 0.2) is 0 Å². The van der Waals surface area contributed by atoms with Gasteiger partial charge in [-0.1, -0.05) is 6.92 Å². The topological polar surface area (TPSA) is 49.3 Å². The summed E-state index contributed by atoms with van der Waals surface area (Å²) in [5, 5.41) is 11.3. The van der Waals surface area contributed by atoms with Gasteiger partial charge in [0.05, 0.1) is 5.57 Å². The minimum absolute atomic E-state index is 0.394. The molecule has 0 aliphatic rings. The average molecular weight is 143 g/mol. The molecule has 58 valence electrons. The lowest BCUT2D eigenvalue weighted by Gasteiger charge is -2.04. The Kier molecular flexibility index (Phi) is 3.54. The fourth-order valence-corrected chi connectivity index (χ4v) is 0.759. The minimum Gasteiger partial charge on any atom is -0.478 e. The Morgan fingerprint density at radius 3 is 2.20 bits per heavy atom. The molecular formula is C7H13NO2. The van der Waals surface area contributed by atoms with Crippen LogP contribution in [0.4, 0.5) is 0 Å². The largest absolute Gasteiger partial charge is 0.478 e. The van der Waals surface area contributed by atoms with Gasteiger partial charge in [0.25, 0.3) is 0 Å². The van der Waals surface area contributed by atoms with Crippen LogP contribution in [-0.2, 0) is 4.79 Å². The van der Waals surface area contributed by atoms with E-state index in [4.69, 9.17) is 5.11 Å². The number of hydrogen-bond donors (Lipinski definition) is 2. The first kappa shape index (κ1) is 9.01. The van der Waals surface area contributed by atoms with Crippen LogP contribution in [0.2, 0.25) is 0 Å². The first-order valence-electron chi connectivity index (χ1n) is 3.24. The quantitative estimate of drug-likeness (QED) is 0.579. The highest BCUT2D eigenvalue weighted by molar-refractivity contribution is 5.86. The van der Waals surface area contributed by atoms with Crippen molar-refractivity contribution in [2.24, 2.45) is 0 Å². The second-order valence-electron chi connectivity index (χ2n) is 2.01. The van der Waals surface area contributed by atoms with Crippen molar-refractivity contribution >= 4 is 5.97 Å². The van der Waals surface area contributed by atoms with E-state index in [2.05, 4.69) is 5.32 Å². The number of rotatable bonds is 3. The lowest BCUT2D eigenvalue weighted by molar-refractivity contribution is -0.132. The van der Waals surface area contributed by atoms with Crippen molar-refractivity contribution in [3.8, 4) is 0 Å². The van der Waals surface area contributed by atoms with Crippen LogP contribution in [0.15, 0.2) is 11.3 Å². The third kappa shape index (κ3) is 2.09. The summed E-state index contributed by atoms with van der Waals surface area (Å²) in [5.41, 5.74) is 1.18. The molecule has 3 nitrogen and oxygen atoms in total. The summed E-state index contributed by atoms with van der Waals surface area (Å²) in [6, 6.07) is 0. The molecule has 0 aliphatic heterocycles. The number of aliphatic carboxylic acids is 1. The van der Waals surface area contributed by atoms with E-state index < -0.39 is 5.97 Å². The summed E-state index contributed by atoms with van der Waals surface area (Å²) >= 11 is 0. The molecule has 0 fully saturated rings. The number of hydrogen-bond acceptors (Lipinski definition) is 2. The van der Waals surface area contributed by atoms with Crippen LogP contribution in [0.3, 0.4) is 0 Å². The number of allylic oxidation sites excluding steroid dienone is 1. The summed E-state index contributed by atoms with van der Waals surface area (Å²) in [7, 11) is 1.73. The fraction of sp³-hybridized carbons (Fsp3) is 0.571. The van der Waals surface area contributed by atoms with Crippen LogP contribution in [0.5, 0.6) is 0 Å². The molecule has 3 heteroatoms. The van der Waals surface area contributed by atoms with Crippen molar-refractivity contribution in [3.05, 3.63) is 11.3 Å². The first-order valence-corrected chi connectivity index (χ1v) is 3.24. The number of nitrogens with one attached hydrogen (secondary N) is 1. The lowest BCUT2D eigenvalue weighted by atomic mass is 10.2. The first-order chi connectivity index (χ1) is 4.63. The minimum atomic E-state index is -0.855. The number of carbonyl (C=O) groups is 1. The van der Waals surface area contributed by atoms with Crippen LogP contribution in [0, 0.1) is 0 Å². The van der Waals surface area contributed by atoms with Crippen molar-refractivity contribution in [2.75, 3.05) is 7.05 Å². The summed E-state index contributed by atoms with van der Waals surface area (Å²) in [6.07, 6.45) is 0.731. The molecule has 0 rings (SSSR count). The molecule has 0 aliphatic carbocycles. The van der Waals surface area contributed by atoms with E-state index in [-0.39, 0.29) is 0 Å². The van der Waals surface area contributed by atoms with E-state index in [1.807, 2.05) is 6.92 Å². The Morgan fingerprint density at radius 2 is 2.10 bits per heavy atom. The van der Waals surface area contributed by atoms with Gasteiger partial charge in [-0.15, -0.1) is 0 Å². The van der Waals surface area contributed by atoms with Crippen molar-refractivity contribution in [1.29, 1.82) is 0 Å². The summed E-state index contributed by atoms with van der Waals surface area (Å²) in [6.45, 7) is 3.51. The Balaban J connectivity index is 4.43. The van der Waals surface area contributed by atoms with E-state index in [9.17, 15) is 4.79 Å². The molecular weight excluding hydrogens is 130 g/mol. The maximum absolute atomic E-state index is 10.4. The molecule has 0 saturated heterocycles. The second-order valence-corrected chi connectivity index (χ2v) is 2.01. The van der Waals surface area contributed by atoms with Crippen LogP contribution in [0.25, 0.3) is 0 Å². The molecule has 0 bridgehead atoms. The van der Waals surface area contributed by atoms with Crippen LogP contribution < -0.4 is 5.32 Å². The predicted molar refractivity (Wildman–Crippen MR) is 39.7 cm³/mol. The van der Waals surface area contributed by atoms with Gasteiger partial charge >= 0.3 is 5.97 Å². The summed E-state index contributed by atoms with van der Waals surface area (Å²) in [4.78, 5) is 10.4. The van der Waals surface area contributed by atoms with Crippen molar-refractivity contribution in [3.63, 3.8) is 0 Å². The molecule has 0 atom stereocenters. The maximum Gasteiger partial charge on any atom is 0.333 e. The fourth-order valence-electron chi connectivity index (χ4n) is 0.759. The molecule has 0 unspecified atom stereocenters. The zero-order chi connectivity index (χ0) is 8.15. The Morgan fingerprint density at radius 1 is 1.60 bits per heavy atom. The molecule has 0 amide bonds. The van der Waals surface area contributed by atoms with E-state index in [1.165, 1.54) is 0 Å². The Labute approximate surface area is 60.7 Å². The Bertz CT molecular complexity index is 155. The van der Waals surface area contributed by atoms with E-state index in [0.717, 1.165) is 12.1 Å².